The van der Waals surface area contributed by atoms with E-state index < -0.39 is 0 Å². The van der Waals surface area contributed by atoms with Crippen LogP contribution in [0.4, 0.5) is 0 Å². The van der Waals surface area contributed by atoms with E-state index in [4.69, 9.17) is 5.26 Å². The van der Waals surface area contributed by atoms with Gasteiger partial charge in [0.05, 0.1) is 12.5 Å². The van der Waals surface area contributed by atoms with Gasteiger partial charge in [0.15, 0.2) is 0 Å². The predicted octanol–water partition coefficient (Wildman–Crippen LogP) is 1.82. The number of rotatable bonds is 3. The summed E-state index contributed by atoms with van der Waals surface area (Å²) >= 11 is 0. The summed E-state index contributed by atoms with van der Waals surface area (Å²) in [4.78, 5) is 11.9. The Morgan fingerprint density at radius 2 is 2.18 bits per heavy atom. The molecule has 17 heavy (non-hydrogen) atoms. The van der Waals surface area contributed by atoms with Crippen LogP contribution in [0.3, 0.4) is 0 Å². The van der Waals surface area contributed by atoms with Gasteiger partial charge in [-0.05, 0) is 30.4 Å². The number of nitriles is 1. The molecule has 0 bridgehead atoms. The molecule has 1 aliphatic rings. The summed E-state index contributed by atoms with van der Waals surface area (Å²) in [5.41, 5.74) is 2.66. The molecule has 0 aromatic heterocycles. The highest BCUT2D eigenvalue weighted by Crippen LogP contribution is 2.25. The van der Waals surface area contributed by atoms with Crippen LogP contribution >= 0.6 is 0 Å². The number of carbonyl (C=O) groups is 1. The molecule has 1 aromatic carbocycles. The van der Waals surface area contributed by atoms with Gasteiger partial charge in [0.1, 0.15) is 0 Å². The standard InChI is InChI=1S/C14H16N2O/c15-8-3-9-16-14(17)13-7-6-11-4-1-2-5-12(11)10-13/h1-2,4-5,13H,3,6-7,9-10H2,(H,16,17). The van der Waals surface area contributed by atoms with E-state index in [9.17, 15) is 4.79 Å². The lowest BCUT2D eigenvalue weighted by Crippen LogP contribution is -2.34. The minimum atomic E-state index is 0.0728. The van der Waals surface area contributed by atoms with Gasteiger partial charge in [-0.1, -0.05) is 24.3 Å². The van der Waals surface area contributed by atoms with E-state index in [1.165, 1.54) is 11.1 Å². The lowest BCUT2D eigenvalue weighted by molar-refractivity contribution is -0.125. The largest absolute Gasteiger partial charge is 0.355 e. The van der Waals surface area contributed by atoms with Crippen molar-refractivity contribution in [3.8, 4) is 6.07 Å². The third-order valence-electron chi connectivity index (χ3n) is 3.25. The summed E-state index contributed by atoms with van der Waals surface area (Å²) < 4.78 is 0. The van der Waals surface area contributed by atoms with Crippen LogP contribution in [0.1, 0.15) is 24.0 Å². The van der Waals surface area contributed by atoms with Gasteiger partial charge >= 0.3 is 0 Å². The monoisotopic (exact) mass is 228 g/mol. The Morgan fingerprint density at radius 3 is 2.94 bits per heavy atom. The molecule has 3 nitrogen and oxygen atoms in total. The van der Waals surface area contributed by atoms with Crippen LogP contribution in [0.5, 0.6) is 0 Å². The second kappa shape index (κ2) is 5.49. The van der Waals surface area contributed by atoms with Crippen molar-refractivity contribution in [3.63, 3.8) is 0 Å². The van der Waals surface area contributed by atoms with E-state index in [1.807, 2.05) is 18.2 Å². The fourth-order valence-electron chi connectivity index (χ4n) is 2.31. The fraction of sp³-hybridized carbons (Fsp3) is 0.429. The summed E-state index contributed by atoms with van der Waals surface area (Å²) in [6.07, 6.45) is 3.10. The van der Waals surface area contributed by atoms with Crippen molar-refractivity contribution in [3.05, 3.63) is 35.4 Å². The van der Waals surface area contributed by atoms with E-state index in [2.05, 4.69) is 17.4 Å². The molecule has 1 aromatic rings. The number of benzene rings is 1. The Balaban J connectivity index is 1.93. The topological polar surface area (TPSA) is 52.9 Å². The maximum Gasteiger partial charge on any atom is 0.223 e. The zero-order chi connectivity index (χ0) is 12.1. The normalized spacial score (nSPS) is 17.9. The van der Waals surface area contributed by atoms with Crippen molar-refractivity contribution in [1.29, 1.82) is 5.26 Å². The SMILES string of the molecule is N#CCCNC(=O)C1CCc2ccccc2C1. The number of carbonyl (C=O) groups excluding carboxylic acids is 1. The molecule has 3 heteroatoms. The van der Waals surface area contributed by atoms with Crippen molar-refractivity contribution < 1.29 is 4.79 Å². The van der Waals surface area contributed by atoms with Gasteiger partial charge in [-0.3, -0.25) is 4.79 Å². The number of aryl methyl sites for hydroxylation is 1. The van der Waals surface area contributed by atoms with E-state index in [-0.39, 0.29) is 11.8 Å². The van der Waals surface area contributed by atoms with Gasteiger partial charge in [-0.2, -0.15) is 5.26 Å². The Hall–Kier alpha value is -1.82. The second-order valence-electron chi connectivity index (χ2n) is 4.41. The Morgan fingerprint density at radius 1 is 1.41 bits per heavy atom. The van der Waals surface area contributed by atoms with Crippen molar-refractivity contribution in [2.24, 2.45) is 5.92 Å². The molecular formula is C14H16N2O. The molecule has 0 fully saturated rings. The molecule has 2 rings (SSSR count). The molecule has 0 spiro atoms. The highest BCUT2D eigenvalue weighted by Gasteiger charge is 2.23. The first-order valence-electron chi connectivity index (χ1n) is 6.02. The molecule has 1 atom stereocenters. The number of amides is 1. The maximum absolute atomic E-state index is 11.9. The zero-order valence-corrected chi connectivity index (χ0v) is 9.78. The second-order valence-corrected chi connectivity index (χ2v) is 4.41. The number of nitrogens with zero attached hydrogens (tertiary/aromatic N) is 1. The molecule has 1 aliphatic carbocycles. The first-order valence-corrected chi connectivity index (χ1v) is 6.02. The summed E-state index contributed by atoms with van der Waals surface area (Å²) in [6, 6.07) is 10.3. The molecule has 88 valence electrons. The average Bonchev–Trinajstić information content (AvgIpc) is 2.38. The molecular weight excluding hydrogens is 212 g/mol. The lowest BCUT2D eigenvalue weighted by Gasteiger charge is -2.23. The third kappa shape index (κ3) is 2.85. The number of fused-ring (bicyclic) bond motifs is 1. The minimum Gasteiger partial charge on any atom is -0.355 e. The van der Waals surface area contributed by atoms with Crippen molar-refractivity contribution in [1.82, 2.24) is 5.32 Å². The van der Waals surface area contributed by atoms with Crippen LogP contribution in [0.2, 0.25) is 0 Å². The smallest absolute Gasteiger partial charge is 0.223 e. The predicted molar refractivity (Wildman–Crippen MR) is 65.2 cm³/mol. The van der Waals surface area contributed by atoms with Gasteiger partial charge in [-0.15, -0.1) is 0 Å². The highest BCUT2D eigenvalue weighted by molar-refractivity contribution is 5.79. The molecule has 1 N–H and O–H groups in total. The van der Waals surface area contributed by atoms with Crippen LogP contribution in [-0.2, 0) is 17.6 Å². The van der Waals surface area contributed by atoms with Crippen LogP contribution in [0.25, 0.3) is 0 Å². The van der Waals surface area contributed by atoms with Gasteiger partial charge in [0.2, 0.25) is 5.91 Å². The molecule has 0 saturated heterocycles. The van der Waals surface area contributed by atoms with E-state index in [1.54, 1.807) is 0 Å². The molecule has 1 unspecified atom stereocenters. The Bertz CT molecular complexity index is 448. The van der Waals surface area contributed by atoms with Crippen molar-refractivity contribution >= 4 is 5.91 Å². The number of hydrogen-bond donors (Lipinski definition) is 1. The van der Waals surface area contributed by atoms with Crippen LogP contribution in [0, 0.1) is 17.2 Å². The van der Waals surface area contributed by atoms with Gasteiger partial charge in [-0.25, -0.2) is 0 Å². The van der Waals surface area contributed by atoms with Crippen LogP contribution < -0.4 is 5.32 Å². The molecule has 0 aliphatic heterocycles. The van der Waals surface area contributed by atoms with Gasteiger partial charge in [0, 0.05) is 12.5 Å². The lowest BCUT2D eigenvalue weighted by atomic mass is 9.83. The first-order chi connectivity index (χ1) is 8.31. The summed E-state index contributed by atoms with van der Waals surface area (Å²) in [5, 5.41) is 11.2. The summed E-state index contributed by atoms with van der Waals surface area (Å²) in [6.45, 7) is 0.466. The Labute approximate surface area is 101 Å². The van der Waals surface area contributed by atoms with E-state index >= 15 is 0 Å². The molecule has 0 heterocycles. The van der Waals surface area contributed by atoms with Gasteiger partial charge < -0.3 is 5.32 Å². The molecule has 0 saturated carbocycles. The number of hydrogen-bond acceptors (Lipinski definition) is 2. The van der Waals surface area contributed by atoms with Crippen LogP contribution in [-0.4, -0.2) is 12.5 Å². The summed E-state index contributed by atoms with van der Waals surface area (Å²) in [7, 11) is 0. The van der Waals surface area contributed by atoms with Crippen molar-refractivity contribution in [2.45, 2.75) is 25.7 Å². The number of nitrogens with one attached hydrogen (secondary N) is 1. The summed E-state index contributed by atoms with van der Waals surface area (Å²) in [5.74, 6) is 0.165. The third-order valence-corrected chi connectivity index (χ3v) is 3.25. The van der Waals surface area contributed by atoms with E-state index in [0.717, 1.165) is 19.3 Å². The first kappa shape index (κ1) is 11.7. The molecule has 0 radical (unpaired) electrons. The average molecular weight is 228 g/mol. The van der Waals surface area contributed by atoms with Gasteiger partial charge in [0.25, 0.3) is 0 Å². The fourth-order valence-corrected chi connectivity index (χ4v) is 2.31. The zero-order valence-electron chi connectivity index (χ0n) is 9.78. The minimum absolute atomic E-state index is 0.0728. The van der Waals surface area contributed by atoms with Crippen LogP contribution in [0.15, 0.2) is 24.3 Å². The van der Waals surface area contributed by atoms with E-state index in [0.29, 0.717) is 13.0 Å². The molecule has 1 amide bonds. The van der Waals surface area contributed by atoms with Crippen molar-refractivity contribution in [2.75, 3.05) is 6.54 Å². The quantitative estimate of drug-likeness (QED) is 0.802. The maximum atomic E-state index is 11.9. The highest BCUT2D eigenvalue weighted by atomic mass is 16.1. The Kier molecular flexibility index (Phi) is 3.77.